The molecule has 2 rings (SSSR count). The third kappa shape index (κ3) is 4.36. The first kappa shape index (κ1) is 17.6. The molecule has 0 saturated heterocycles. The largest absolute Gasteiger partial charge is 0.321 e. The highest BCUT2D eigenvalue weighted by Gasteiger charge is 2.11. The Morgan fingerprint density at radius 3 is 2.62 bits per heavy atom. The molecule has 0 atom stereocenters. The fraction of sp³-hybridized carbons (Fsp3) is 0.118. The minimum absolute atomic E-state index is 0.215. The van der Waals surface area contributed by atoms with Gasteiger partial charge in [-0.1, -0.05) is 23.5 Å². The minimum Gasteiger partial charge on any atom is -0.321 e. The molecule has 1 N–H and O–H groups in total. The third-order valence-corrected chi connectivity index (χ3v) is 4.00. The van der Waals surface area contributed by atoms with Crippen molar-refractivity contribution in [2.45, 2.75) is 6.54 Å². The topological polar surface area (TPSA) is 63.5 Å². The van der Waals surface area contributed by atoms with Gasteiger partial charge >= 0.3 is 0 Å². The Morgan fingerprint density at radius 1 is 1.29 bits per heavy atom. The van der Waals surface area contributed by atoms with E-state index in [4.69, 9.17) is 0 Å². The van der Waals surface area contributed by atoms with Crippen molar-refractivity contribution < 1.29 is 9.18 Å². The van der Waals surface area contributed by atoms with Crippen molar-refractivity contribution in [1.82, 2.24) is 4.57 Å². The molecule has 124 valence electrons. The first-order valence-electron chi connectivity index (χ1n) is 7.09. The first-order chi connectivity index (χ1) is 11.5. The molecule has 5 nitrogen and oxygen atoms in total. The number of hydrogen-bond donors (Lipinski definition) is 1. The average molecular weight is 345 g/mol. The van der Waals surface area contributed by atoms with Gasteiger partial charge in [0.1, 0.15) is 10.7 Å². The molecule has 1 aromatic heterocycles. The maximum absolute atomic E-state index is 12.9. The van der Waals surface area contributed by atoms with Crippen LogP contribution in [-0.4, -0.2) is 17.0 Å². The highest BCUT2D eigenvalue weighted by Crippen LogP contribution is 2.11. The number of carbonyl (C=O) groups is 1. The van der Waals surface area contributed by atoms with Crippen LogP contribution in [0, 0.1) is 5.82 Å². The van der Waals surface area contributed by atoms with Crippen LogP contribution in [0.3, 0.4) is 0 Å². The standard InChI is InChI=1S/C17H16FN3O2S/c1-3-9-19-17-21(10-4-2)15(22)11-14(24-17)16(23)20-13-7-5-12(18)6-8-13/h3-8,11H,1-2,9-10H2,(H,20,23). The normalized spacial score (nSPS) is 11.1. The van der Waals surface area contributed by atoms with Crippen LogP contribution < -0.4 is 15.7 Å². The number of aromatic nitrogens is 1. The highest BCUT2D eigenvalue weighted by molar-refractivity contribution is 7.11. The van der Waals surface area contributed by atoms with Gasteiger partial charge in [-0.05, 0) is 24.3 Å². The summed E-state index contributed by atoms with van der Waals surface area (Å²) in [4.78, 5) is 29.4. The van der Waals surface area contributed by atoms with Crippen LogP contribution in [-0.2, 0) is 6.54 Å². The Balaban J connectivity index is 2.39. The fourth-order valence-corrected chi connectivity index (χ4v) is 2.78. The van der Waals surface area contributed by atoms with Crippen molar-refractivity contribution in [1.29, 1.82) is 0 Å². The summed E-state index contributed by atoms with van der Waals surface area (Å²) in [5.41, 5.74) is 0.0918. The smallest absolute Gasteiger partial charge is 0.266 e. The molecule has 1 amide bonds. The fourth-order valence-electron chi connectivity index (χ4n) is 1.86. The van der Waals surface area contributed by atoms with E-state index in [0.717, 1.165) is 11.3 Å². The highest BCUT2D eigenvalue weighted by atomic mass is 32.1. The van der Waals surface area contributed by atoms with Crippen molar-refractivity contribution in [2.75, 3.05) is 11.9 Å². The summed E-state index contributed by atoms with van der Waals surface area (Å²) in [5, 5.41) is 2.62. The second-order valence-electron chi connectivity index (χ2n) is 4.72. The molecule has 0 aliphatic rings. The van der Waals surface area contributed by atoms with Crippen LogP contribution in [0.4, 0.5) is 10.1 Å². The van der Waals surface area contributed by atoms with Gasteiger partial charge in [-0.2, -0.15) is 0 Å². The van der Waals surface area contributed by atoms with Crippen molar-refractivity contribution in [3.63, 3.8) is 0 Å². The summed E-state index contributed by atoms with van der Waals surface area (Å²) in [6.45, 7) is 7.83. The van der Waals surface area contributed by atoms with Crippen LogP contribution in [0.25, 0.3) is 0 Å². The molecule has 1 aromatic carbocycles. The van der Waals surface area contributed by atoms with Gasteiger partial charge in [0, 0.05) is 18.3 Å². The molecule has 0 saturated carbocycles. The van der Waals surface area contributed by atoms with Crippen LogP contribution in [0.5, 0.6) is 0 Å². The lowest BCUT2D eigenvalue weighted by Crippen LogP contribution is -2.32. The molecule has 1 heterocycles. The van der Waals surface area contributed by atoms with Crippen molar-refractivity contribution >= 4 is 22.9 Å². The van der Waals surface area contributed by atoms with Gasteiger partial charge in [-0.25, -0.2) is 4.39 Å². The van der Waals surface area contributed by atoms with E-state index in [2.05, 4.69) is 23.5 Å². The predicted octanol–water partition coefficient (Wildman–Crippen LogP) is 2.57. The van der Waals surface area contributed by atoms with Crippen LogP contribution in [0.1, 0.15) is 9.67 Å². The SMILES string of the molecule is C=CCN=c1sc(C(=O)Nc2ccc(F)cc2)cc(=O)n1CC=C. The quantitative estimate of drug-likeness (QED) is 0.818. The van der Waals surface area contributed by atoms with E-state index in [1.165, 1.54) is 34.9 Å². The maximum atomic E-state index is 12.9. The van der Waals surface area contributed by atoms with E-state index in [1.54, 1.807) is 12.2 Å². The van der Waals surface area contributed by atoms with Gasteiger partial charge in [-0.15, -0.1) is 13.2 Å². The van der Waals surface area contributed by atoms with Crippen LogP contribution in [0.15, 0.2) is 65.4 Å². The molecule has 0 radical (unpaired) electrons. The molecular weight excluding hydrogens is 329 g/mol. The zero-order valence-electron chi connectivity index (χ0n) is 12.9. The first-order valence-corrected chi connectivity index (χ1v) is 7.91. The zero-order valence-corrected chi connectivity index (χ0v) is 13.7. The predicted molar refractivity (Wildman–Crippen MR) is 93.8 cm³/mol. The van der Waals surface area contributed by atoms with Gasteiger partial charge in [0.25, 0.3) is 11.5 Å². The molecule has 0 fully saturated rings. The maximum Gasteiger partial charge on any atom is 0.266 e. The second-order valence-corrected chi connectivity index (χ2v) is 5.73. The summed E-state index contributed by atoms with van der Waals surface area (Å²) < 4.78 is 14.3. The summed E-state index contributed by atoms with van der Waals surface area (Å²) in [6, 6.07) is 6.62. The van der Waals surface area contributed by atoms with Gasteiger partial charge in [-0.3, -0.25) is 19.1 Å². The van der Waals surface area contributed by atoms with Crippen molar-refractivity contribution in [3.05, 3.63) is 81.5 Å². The van der Waals surface area contributed by atoms with Gasteiger partial charge in [0.05, 0.1) is 6.54 Å². The lowest BCUT2D eigenvalue weighted by molar-refractivity contribution is 0.103. The van der Waals surface area contributed by atoms with Gasteiger partial charge in [0.15, 0.2) is 4.80 Å². The lowest BCUT2D eigenvalue weighted by Gasteiger charge is -2.07. The van der Waals surface area contributed by atoms with Gasteiger partial charge < -0.3 is 5.32 Å². The number of rotatable bonds is 6. The number of amides is 1. The molecule has 2 aromatic rings. The van der Waals surface area contributed by atoms with E-state index >= 15 is 0 Å². The molecular formula is C17H16FN3O2S. The number of nitrogens with zero attached hydrogens (tertiary/aromatic N) is 2. The number of nitrogens with one attached hydrogen (secondary N) is 1. The van der Waals surface area contributed by atoms with E-state index in [-0.39, 0.29) is 10.4 Å². The number of hydrogen-bond acceptors (Lipinski definition) is 4. The number of halogens is 1. The lowest BCUT2D eigenvalue weighted by atomic mass is 10.3. The second kappa shape index (κ2) is 8.16. The molecule has 0 unspecified atom stereocenters. The zero-order chi connectivity index (χ0) is 17.5. The van der Waals surface area contributed by atoms with Crippen molar-refractivity contribution in [3.8, 4) is 0 Å². The Kier molecular flexibility index (Phi) is 5.97. The average Bonchev–Trinajstić information content (AvgIpc) is 2.57. The van der Waals surface area contributed by atoms with Crippen molar-refractivity contribution in [2.24, 2.45) is 4.99 Å². The molecule has 0 bridgehead atoms. The Labute approximate surface area is 142 Å². The number of carbonyl (C=O) groups excluding carboxylic acids is 1. The van der Waals surface area contributed by atoms with Gasteiger partial charge in [0.2, 0.25) is 0 Å². The van der Waals surface area contributed by atoms with E-state index < -0.39 is 11.7 Å². The van der Waals surface area contributed by atoms with Crippen LogP contribution in [0.2, 0.25) is 0 Å². The summed E-state index contributed by atoms with van der Waals surface area (Å²) in [7, 11) is 0. The number of benzene rings is 1. The molecule has 24 heavy (non-hydrogen) atoms. The summed E-state index contributed by atoms with van der Waals surface area (Å²) in [6.07, 6.45) is 3.18. The molecule has 0 spiro atoms. The Morgan fingerprint density at radius 2 is 2.00 bits per heavy atom. The number of allylic oxidation sites excluding steroid dienone is 1. The molecule has 0 aliphatic carbocycles. The van der Waals surface area contributed by atoms with E-state index in [1.807, 2.05) is 0 Å². The molecule has 0 aliphatic heterocycles. The van der Waals surface area contributed by atoms with E-state index in [9.17, 15) is 14.0 Å². The summed E-state index contributed by atoms with van der Waals surface area (Å²) >= 11 is 1.09. The minimum atomic E-state index is -0.454. The van der Waals surface area contributed by atoms with Crippen LogP contribution >= 0.6 is 11.3 Å². The van der Waals surface area contributed by atoms with E-state index in [0.29, 0.717) is 23.6 Å². The number of anilines is 1. The molecule has 7 heteroatoms. The summed E-state index contributed by atoms with van der Waals surface area (Å²) in [5.74, 6) is -0.849. The third-order valence-electron chi connectivity index (χ3n) is 2.95. The Hall–Kier alpha value is -2.80. The Bertz CT molecular complexity index is 882. The monoisotopic (exact) mass is 345 g/mol.